The Morgan fingerprint density at radius 1 is 1.30 bits per heavy atom. The van der Waals surface area contributed by atoms with Crippen molar-refractivity contribution in [2.75, 3.05) is 13.6 Å². The lowest BCUT2D eigenvalue weighted by Crippen LogP contribution is -2.42. The van der Waals surface area contributed by atoms with Crippen LogP contribution < -0.4 is 5.73 Å². The average Bonchev–Trinajstić information content (AvgIpc) is 2.37. The second-order valence-corrected chi connectivity index (χ2v) is 5.91. The molecule has 1 aromatic heterocycles. The van der Waals surface area contributed by atoms with Crippen LogP contribution in [0.2, 0.25) is 0 Å². The molecule has 2 aromatic rings. The smallest absolute Gasteiger partial charge is 0.0705 e. The van der Waals surface area contributed by atoms with E-state index < -0.39 is 0 Å². The first-order chi connectivity index (χ1) is 9.69. The molecule has 1 atom stereocenters. The molecule has 1 heterocycles. The average molecular weight is 269 g/mol. The number of aryl methyl sites for hydroxylation is 1. The number of pyridine rings is 1. The van der Waals surface area contributed by atoms with Gasteiger partial charge in [0.2, 0.25) is 0 Å². The molecule has 0 bridgehead atoms. The molecule has 1 unspecified atom stereocenters. The number of nitrogens with zero attached hydrogens (tertiary/aromatic N) is 2. The van der Waals surface area contributed by atoms with E-state index in [1.54, 1.807) is 0 Å². The number of rotatable bonds is 4. The molecular weight excluding hydrogens is 246 g/mol. The summed E-state index contributed by atoms with van der Waals surface area (Å²) in [5.41, 5.74) is 9.47. The lowest BCUT2D eigenvalue weighted by Gasteiger charge is -2.40. The second kappa shape index (κ2) is 5.51. The van der Waals surface area contributed by atoms with Crippen LogP contribution in [0.15, 0.2) is 30.3 Å². The highest BCUT2D eigenvalue weighted by molar-refractivity contribution is 5.79. The van der Waals surface area contributed by atoms with Gasteiger partial charge in [-0.3, -0.25) is 9.88 Å². The SMILES string of the molecule is Cc1ccc2cc(C(CN)N(C)C3CCC3)ccc2n1. The van der Waals surface area contributed by atoms with Gasteiger partial charge in [-0.15, -0.1) is 0 Å². The van der Waals surface area contributed by atoms with E-state index in [4.69, 9.17) is 5.73 Å². The van der Waals surface area contributed by atoms with Gasteiger partial charge in [0.05, 0.1) is 5.52 Å². The zero-order chi connectivity index (χ0) is 14.1. The van der Waals surface area contributed by atoms with E-state index in [2.05, 4.69) is 47.3 Å². The molecule has 2 N–H and O–H groups in total. The minimum Gasteiger partial charge on any atom is -0.329 e. The number of hydrogen-bond acceptors (Lipinski definition) is 3. The van der Waals surface area contributed by atoms with Crippen molar-refractivity contribution >= 4 is 10.9 Å². The maximum absolute atomic E-state index is 6.03. The molecule has 0 radical (unpaired) electrons. The van der Waals surface area contributed by atoms with Crippen molar-refractivity contribution in [3.8, 4) is 0 Å². The predicted molar refractivity (Wildman–Crippen MR) is 83.7 cm³/mol. The minimum atomic E-state index is 0.311. The number of nitrogens with two attached hydrogens (primary N) is 1. The molecule has 1 aromatic carbocycles. The second-order valence-electron chi connectivity index (χ2n) is 5.91. The highest BCUT2D eigenvalue weighted by atomic mass is 15.2. The van der Waals surface area contributed by atoms with Crippen molar-refractivity contribution in [3.05, 3.63) is 41.6 Å². The number of benzene rings is 1. The summed E-state index contributed by atoms with van der Waals surface area (Å²) in [5.74, 6) is 0. The van der Waals surface area contributed by atoms with E-state index in [9.17, 15) is 0 Å². The van der Waals surface area contributed by atoms with E-state index in [0.29, 0.717) is 18.6 Å². The van der Waals surface area contributed by atoms with E-state index in [0.717, 1.165) is 11.2 Å². The first kappa shape index (κ1) is 13.5. The first-order valence-electron chi connectivity index (χ1n) is 7.48. The van der Waals surface area contributed by atoms with Crippen molar-refractivity contribution in [1.82, 2.24) is 9.88 Å². The number of aromatic nitrogens is 1. The van der Waals surface area contributed by atoms with Crippen LogP contribution in [-0.4, -0.2) is 29.5 Å². The van der Waals surface area contributed by atoms with Gasteiger partial charge >= 0.3 is 0 Å². The Labute approximate surface area is 120 Å². The molecule has 0 amide bonds. The molecule has 1 fully saturated rings. The van der Waals surface area contributed by atoms with Crippen molar-refractivity contribution < 1.29 is 0 Å². The van der Waals surface area contributed by atoms with Gasteiger partial charge in [0, 0.05) is 29.7 Å². The summed E-state index contributed by atoms with van der Waals surface area (Å²) in [6.45, 7) is 2.69. The van der Waals surface area contributed by atoms with Crippen LogP contribution in [0.5, 0.6) is 0 Å². The molecular formula is C17H23N3. The molecule has 106 valence electrons. The topological polar surface area (TPSA) is 42.1 Å². The van der Waals surface area contributed by atoms with Gasteiger partial charge in [-0.25, -0.2) is 0 Å². The zero-order valence-corrected chi connectivity index (χ0v) is 12.3. The lowest BCUT2D eigenvalue weighted by molar-refractivity contribution is 0.113. The zero-order valence-electron chi connectivity index (χ0n) is 12.3. The molecule has 1 aliphatic rings. The first-order valence-corrected chi connectivity index (χ1v) is 7.48. The molecule has 20 heavy (non-hydrogen) atoms. The van der Waals surface area contributed by atoms with Gasteiger partial charge in [0.25, 0.3) is 0 Å². The van der Waals surface area contributed by atoms with E-state index in [1.807, 2.05) is 6.92 Å². The number of hydrogen-bond donors (Lipinski definition) is 1. The Kier molecular flexibility index (Phi) is 3.72. The highest BCUT2D eigenvalue weighted by Gasteiger charge is 2.27. The third-order valence-electron chi connectivity index (χ3n) is 4.60. The minimum absolute atomic E-state index is 0.311. The van der Waals surface area contributed by atoms with Crippen LogP contribution in [0.25, 0.3) is 10.9 Å². The van der Waals surface area contributed by atoms with Crippen LogP contribution in [-0.2, 0) is 0 Å². The molecule has 3 rings (SSSR count). The number of likely N-dealkylation sites (N-methyl/N-ethyl adjacent to an activating group) is 1. The van der Waals surface area contributed by atoms with Crippen molar-refractivity contribution in [3.63, 3.8) is 0 Å². The summed E-state index contributed by atoms with van der Waals surface area (Å²) in [6, 6.07) is 11.8. The third kappa shape index (κ3) is 2.43. The normalized spacial score (nSPS) is 17.4. The van der Waals surface area contributed by atoms with Gasteiger partial charge < -0.3 is 5.73 Å². The Morgan fingerprint density at radius 3 is 2.75 bits per heavy atom. The van der Waals surface area contributed by atoms with Crippen LogP contribution in [0, 0.1) is 6.92 Å². The number of fused-ring (bicyclic) bond motifs is 1. The van der Waals surface area contributed by atoms with Gasteiger partial charge in [-0.1, -0.05) is 18.6 Å². The fourth-order valence-corrected chi connectivity index (χ4v) is 3.04. The molecule has 0 aliphatic heterocycles. The Bertz CT molecular complexity index is 604. The lowest BCUT2D eigenvalue weighted by atomic mass is 9.89. The van der Waals surface area contributed by atoms with Crippen LogP contribution in [0.4, 0.5) is 0 Å². The standard InChI is InChI=1S/C17H23N3/c1-12-6-7-13-10-14(8-9-16(13)19-12)17(11-18)20(2)15-4-3-5-15/h6-10,15,17H,3-5,11,18H2,1-2H3. The summed E-state index contributed by atoms with van der Waals surface area (Å²) >= 11 is 0. The van der Waals surface area contributed by atoms with Crippen LogP contribution in [0.3, 0.4) is 0 Å². The molecule has 1 saturated carbocycles. The predicted octanol–water partition coefficient (Wildman–Crippen LogP) is 3.03. The summed E-state index contributed by atoms with van der Waals surface area (Å²) in [4.78, 5) is 7.02. The van der Waals surface area contributed by atoms with Crippen molar-refractivity contribution in [1.29, 1.82) is 0 Å². The maximum atomic E-state index is 6.03. The monoisotopic (exact) mass is 269 g/mol. The van der Waals surface area contributed by atoms with Gasteiger partial charge in [0.1, 0.15) is 0 Å². The Hall–Kier alpha value is -1.45. The summed E-state index contributed by atoms with van der Waals surface area (Å²) in [5, 5.41) is 1.20. The van der Waals surface area contributed by atoms with Crippen molar-refractivity contribution in [2.24, 2.45) is 5.73 Å². The summed E-state index contributed by atoms with van der Waals surface area (Å²) in [7, 11) is 2.21. The Morgan fingerprint density at radius 2 is 2.10 bits per heavy atom. The molecule has 3 heteroatoms. The van der Waals surface area contributed by atoms with E-state index in [1.165, 1.54) is 30.2 Å². The third-order valence-corrected chi connectivity index (χ3v) is 4.60. The fraction of sp³-hybridized carbons (Fsp3) is 0.471. The molecule has 0 saturated heterocycles. The van der Waals surface area contributed by atoms with Gasteiger partial charge in [0.15, 0.2) is 0 Å². The Balaban J connectivity index is 1.92. The highest BCUT2D eigenvalue weighted by Crippen LogP contribution is 2.31. The molecule has 3 nitrogen and oxygen atoms in total. The molecule has 1 aliphatic carbocycles. The van der Waals surface area contributed by atoms with Gasteiger partial charge in [-0.2, -0.15) is 0 Å². The van der Waals surface area contributed by atoms with E-state index >= 15 is 0 Å². The largest absolute Gasteiger partial charge is 0.329 e. The summed E-state index contributed by atoms with van der Waals surface area (Å²) < 4.78 is 0. The quantitative estimate of drug-likeness (QED) is 0.927. The fourth-order valence-electron chi connectivity index (χ4n) is 3.04. The van der Waals surface area contributed by atoms with Crippen LogP contribution >= 0.6 is 0 Å². The van der Waals surface area contributed by atoms with Crippen LogP contribution in [0.1, 0.15) is 36.6 Å². The van der Waals surface area contributed by atoms with Crippen molar-refractivity contribution in [2.45, 2.75) is 38.3 Å². The van der Waals surface area contributed by atoms with Gasteiger partial charge in [-0.05, 0) is 50.6 Å². The summed E-state index contributed by atoms with van der Waals surface area (Å²) in [6.07, 6.45) is 3.97. The van der Waals surface area contributed by atoms with E-state index in [-0.39, 0.29) is 0 Å². The maximum Gasteiger partial charge on any atom is 0.0705 e. The molecule has 0 spiro atoms.